The molecule has 0 atom stereocenters. The molecule has 138 valence electrons. The maximum Gasteiger partial charge on any atom is 0.254 e. The van der Waals surface area contributed by atoms with E-state index in [1.807, 2.05) is 23.1 Å². The van der Waals surface area contributed by atoms with Crippen molar-refractivity contribution in [2.24, 2.45) is 5.92 Å². The van der Waals surface area contributed by atoms with Crippen LogP contribution in [-0.2, 0) is 4.79 Å². The summed E-state index contributed by atoms with van der Waals surface area (Å²) in [6.07, 6.45) is 4.62. The fourth-order valence-electron chi connectivity index (χ4n) is 3.73. The number of carbonyl (C=O) groups excluding carboxylic acids is 1. The van der Waals surface area contributed by atoms with Crippen molar-refractivity contribution in [3.63, 3.8) is 0 Å². The molecule has 1 saturated heterocycles. The van der Waals surface area contributed by atoms with Crippen LogP contribution in [0.2, 0.25) is 0 Å². The van der Waals surface area contributed by atoms with Crippen molar-refractivity contribution >= 4 is 17.5 Å². The van der Waals surface area contributed by atoms with Gasteiger partial charge in [0.1, 0.15) is 12.1 Å². The third kappa shape index (κ3) is 3.13. The third-order valence-corrected chi connectivity index (χ3v) is 5.36. The van der Waals surface area contributed by atoms with E-state index in [4.69, 9.17) is 0 Å². The average molecular weight is 362 g/mol. The summed E-state index contributed by atoms with van der Waals surface area (Å²) in [6.45, 7) is 3.28. The molecule has 1 aliphatic carbocycles. The molecule has 2 aliphatic rings. The number of rotatable bonds is 3. The molecule has 7 heteroatoms. The zero-order valence-electron chi connectivity index (χ0n) is 15.2. The minimum atomic E-state index is 0.282. The van der Waals surface area contributed by atoms with Crippen molar-refractivity contribution in [1.82, 2.24) is 24.5 Å². The second kappa shape index (κ2) is 6.64. The molecule has 1 aromatic carbocycles. The van der Waals surface area contributed by atoms with E-state index < -0.39 is 0 Å². The van der Waals surface area contributed by atoms with Crippen molar-refractivity contribution in [3.8, 4) is 11.3 Å². The first-order valence-corrected chi connectivity index (χ1v) is 9.59. The fraction of sp³-hybridized carbons (Fsp3) is 0.400. The van der Waals surface area contributed by atoms with Gasteiger partial charge in [-0.05, 0) is 19.3 Å². The van der Waals surface area contributed by atoms with E-state index in [1.54, 1.807) is 10.8 Å². The smallest absolute Gasteiger partial charge is 0.254 e. The van der Waals surface area contributed by atoms with E-state index in [1.165, 1.54) is 0 Å². The molecule has 27 heavy (non-hydrogen) atoms. The number of hydrogen-bond donors (Lipinski definition) is 0. The van der Waals surface area contributed by atoms with Crippen LogP contribution in [0.15, 0.2) is 42.7 Å². The van der Waals surface area contributed by atoms with Crippen molar-refractivity contribution in [2.45, 2.75) is 19.3 Å². The predicted molar refractivity (Wildman–Crippen MR) is 102 cm³/mol. The predicted octanol–water partition coefficient (Wildman–Crippen LogP) is 2.24. The summed E-state index contributed by atoms with van der Waals surface area (Å²) < 4.78 is 1.80. The molecule has 2 aromatic heterocycles. The molecule has 5 rings (SSSR count). The topological polar surface area (TPSA) is 66.6 Å². The second-order valence-electron chi connectivity index (χ2n) is 7.28. The molecule has 1 aliphatic heterocycles. The second-order valence-corrected chi connectivity index (χ2v) is 7.28. The van der Waals surface area contributed by atoms with Crippen LogP contribution in [0.4, 0.5) is 5.82 Å². The van der Waals surface area contributed by atoms with Crippen molar-refractivity contribution in [1.29, 1.82) is 0 Å². The number of fused-ring (bicyclic) bond motifs is 1. The van der Waals surface area contributed by atoms with E-state index in [2.05, 4.69) is 38.2 Å². The Bertz CT molecular complexity index is 965. The summed E-state index contributed by atoms with van der Waals surface area (Å²) in [5.74, 6) is 2.20. The monoisotopic (exact) mass is 362 g/mol. The molecule has 0 N–H and O–H groups in total. The van der Waals surface area contributed by atoms with Crippen LogP contribution in [0.5, 0.6) is 0 Å². The van der Waals surface area contributed by atoms with Crippen LogP contribution < -0.4 is 4.90 Å². The molecule has 0 spiro atoms. The average Bonchev–Trinajstić information content (AvgIpc) is 3.49. The van der Waals surface area contributed by atoms with Gasteiger partial charge in [0.15, 0.2) is 0 Å². The van der Waals surface area contributed by atoms with E-state index >= 15 is 0 Å². The van der Waals surface area contributed by atoms with Crippen LogP contribution >= 0.6 is 0 Å². The van der Waals surface area contributed by atoms with Gasteiger partial charge >= 0.3 is 0 Å². The quantitative estimate of drug-likeness (QED) is 0.715. The van der Waals surface area contributed by atoms with Gasteiger partial charge in [-0.25, -0.2) is 4.98 Å². The number of carbonyl (C=O) groups is 1. The summed E-state index contributed by atoms with van der Waals surface area (Å²) in [5, 5.41) is 4.37. The van der Waals surface area contributed by atoms with Gasteiger partial charge in [-0.15, -0.1) is 0 Å². The Balaban J connectivity index is 1.47. The lowest BCUT2D eigenvalue weighted by Crippen LogP contribution is -2.36. The first-order chi connectivity index (χ1) is 13.3. The SMILES string of the molecule is O=C(C1CC1)N1CCCN(c2cc(-c3ccccc3)nc3ncnn23)CC1. The highest BCUT2D eigenvalue weighted by molar-refractivity contribution is 5.81. The maximum absolute atomic E-state index is 12.4. The van der Waals surface area contributed by atoms with E-state index in [-0.39, 0.29) is 5.92 Å². The van der Waals surface area contributed by atoms with Gasteiger partial charge in [0, 0.05) is 43.7 Å². The molecule has 0 bridgehead atoms. The maximum atomic E-state index is 12.4. The highest BCUT2D eigenvalue weighted by Gasteiger charge is 2.34. The van der Waals surface area contributed by atoms with Crippen LogP contribution in [-0.4, -0.2) is 56.6 Å². The number of aromatic nitrogens is 4. The van der Waals surface area contributed by atoms with Gasteiger partial charge in [-0.2, -0.15) is 14.6 Å². The Morgan fingerprint density at radius 1 is 1.04 bits per heavy atom. The van der Waals surface area contributed by atoms with Crippen molar-refractivity contribution in [3.05, 3.63) is 42.7 Å². The van der Waals surface area contributed by atoms with Gasteiger partial charge in [-0.1, -0.05) is 30.3 Å². The highest BCUT2D eigenvalue weighted by Crippen LogP contribution is 2.31. The lowest BCUT2D eigenvalue weighted by atomic mass is 10.1. The molecule has 0 unspecified atom stereocenters. The molecule has 2 fully saturated rings. The van der Waals surface area contributed by atoms with Gasteiger partial charge in [0.2, 0.25) is 5.91 Å². The summed E-state index contributed by atoms with van der Waals surface area (Å²) in [6, 6.07) is 12.2. The molecule has 3 heterocycles. The summed E-state index contributed by atoms with van der Waals surface area (Å²) >= 11 is 0. The number of benzene rings is 1. The lowest BCUT2D eigenvalue weighted by molar-refractivity contribution is -0.132. The molecular formula is C20H22N6O. The zero-order chi connectivity index (χ0) is 18.2. The van der Waals surface area contributed by atoms with E-state index in [0.29, 0.717) is 11.7 Å². The Morgan fingerprint density at radius 3 is 2.70 bits per heavy atom. The Morgan fingerprint density at radius 2 is 1.89 bits per heavy atom. The van der Waals surface area contributed by atoms with Gasteiger partial charge in [0.05, 0.1) is 5.69 Å². The lowest BCUT2D eigenvalue weighted by Gasteiger charge is -2.24. The van der Waals surface area contributed by atoms with Crippen LogP contribution in [0.3, 0.4) is 0 Å². The van der Waals surface area contributed by atoms with Crippen LogP contribution in [0, 0.1) is 5.92 Å². The summed E-state index contributed by atoms with van der Waals surface area (Å²) in [4.78, 5) is 25.7. The van der Waals surface area contributed by atoms with Gasteiger partial charge in [-0.3, -0.25) is 4.79 Å². The first-order valence-electron chi connectivity index (χ1n) is 9.59. The number of anilines is 1. The summed E-state index contributed by atoms with van der Waals surface area (Å²) in [7, 11) is 0. The van der Waals surface area contributed by atoms with Crippen molar-refractivity contribution < 1.29 is 4.79 Å². The zero-order valence-corrected chi connectivity index (χ0v) is 15.2. The van der Waals surface area contributed by atoms with Crippen LogP contribution in [0.25, 0.3) is 17.0 Å². The van der Waals surface area contributed by atoms with Crippen LogP contribution in [0.1, 0.15) is 19.3 Å². The molecule has 7 nitrogen and oxygen atoms in total. The van der Waals surface area contributed by atoms with Gasteiger partial charge in [0.25, 0.3) is 5.78 Å². The minimum Gasteiger partial charge on any atom is -0.355 e. The fourth-order valence-corrected chi connectivity index (χ4v) is 3.73. The van der Waals surface area contributed by atoms with Gasteiger partial charge < -0.3 is 9.80 Å². The van der Waals surface area contributed by atoms with Crippen molar-refractivity contribution in [2.75, 3.05) is 31.1 Å². The number of hydrogen-bond acceptors (Lipinski definition) is 5. The van der Waals surface area contributed by atoms with E-state index in [9.17, 15) is 4.79 Å². The van der Waals surface area contributed by atoms with E-state index in [0.717, 1.165) is 62.5 Å². The number of nitrogens with zero attached hydrogens (tertiary/aromatic N) is 6. The molecular weight excluding hydrogens is 340 g/mol. The molecule has 1 saturated carbocycles. The number of amides is 1. The Labute approximate surface area is 157 Å². The Kier molecular flexibility index (Phi) is 3.99. The molecule has 1 amide bonds. The normalized spacial score (nSPS) is 17.9. The molecule has 3 aromatic rings. The standard InChI is InChI=1S/C20H22N6O/c27-19(16-7-8-16)25-10-4-9-24(11-12-25)18-13-17(15-5-2-1-3-6-15)23-20-21-14-22-26(18)20/h1-3,5-6,13-14,16H,4,7-12H2. The minimum absolute atomic E-state index is 0.282. The summed E-state index contributed by atoms with van der Waals surface area (Å²) in [5.41, 5.74) is 1.95. The largest absolute Gasteiger partial charge is 0.355 e. The Hall–Kier alpha value is -2.96. The first kappa shape index (κ1) is 16.2. The highest BCUT2D eigenvalue weighted by atomic mass is 16.2. The third-order valence-electron chi connectivity index (χ3n) is 5.36. The molecule has 0 radical (unpaired) electrons.